The van der Waals surface area contributed by atoms with Gasteiger partial charge in [0.05, 0.1) is 23.3 Å². The number of methoxy groups -OCH3 is 1. The Labute approximate surface area is 262 Å². The van der Waals surface area contributed by atoms with Crippen molar-refractivity contribution in [1.29, 1.82) is 0 Å². The van der Waals surface area contributed by atoms with Crippen molar-refractivity contribution >= 4 is 63.9 Å². The molecule has 1 aliphatic carbocycles. The summed E-state index contributed by atoms with van der Waals surface area (Å²) in [5.74, 6) is -0.107. The molecule has 3 rings (SSSR count). The molecule has 222 valence electrons. The second kappa shape index (κ2) is 15.7. The summed E-state index contributed by atoms with van der Waals surface area (Å²) in [6.07, 6.45) is 1.62. The standard InChI is InChI=1S/C29H33Cl2IN2O7/c1-3-4-5-26(37)34(15-18-6-7-20(30)14-21(18)31)23-12-19(29(39)33-8-9-35)13-24(27(23)38)41-28-22(32)10-17(16-36)11-25(28)40-2/h6-7,10-11,13-14,16,23-24,27,35,38H,3-5,8-9,12,15H2,1-2H3,(H,33,39)/t23-,24+,27+/m1/s1. The Bertz CT molecular complexity index is 1290. The molecular weight excluding hydrogens is 686 g/mol. The number of halogens is 3. The molecule has 41 heavy (non-hydrogen) atoms. The number of hydrogen-bond donors (Lipinski definition) is 3. The summed E-state index contributed by atoms with van der Waals surface area (Å²) in [6.45, 7) is 1.84. The third-order valence-electron chi connectivity index (χ3n) is 6.68. The van der Waals surface area contributed by atoms with E-state index >= 15 is 0 Å². The third-order valence-corrected chi connectivity index (χ3v) is 8.07. The summed E-state index contributed by atoms with van der Waals surface area (Å²) in [5, 5.41) is 24.4. The van der Waals surface area contributed by atoms with Crippen LogP contribution in [0.25, 0.3) is 0 Å². The number of hydrogen-bond acceptors (Lipinski definition) is 7. The Hall–Kier alpha value is -2.38. The second-order valence-electron chi connectivity index (χ2n) is 9.53. The van der Waals surface area contributed by atoms with Crippen LogP contribution in [-0.2, 0) is 16.1 Å². The van der Waals surface area contributed by atoms with Crippen molar-refractivity contribution in [3.8, 4) is 11.5 Å². The number of carbonyl (C=O) groups excluding carboxylic acids is 3. The zero-order chi connectivity index (χ0) is 30.1. The number of unbranched alkanes of at least 4 members (excludes halogenated alkanes) is 1. The van der Waals surface area contributed by atoms with Crippen molar-refractivity contribution in [3.05, 3.63) is 66.7 Å². The lowest BCUT2D eigenvalue weighted by atomic mass is 9.87. The van der Waals surface area contributed by atoms with E-state index in [9.17, 15) is 24.6 Å². The third kappa shape index (κ3) is 8.57. The first-order valence-corrected chi connectivity index (χ1v) is 15.0. The molecule has 0 spiro atoms. The van der Waals surface area contributed by atoms with Gasteiger partial charge in [0.1, 0.15) is 18.5 Å². The van der Waals surface area contributed by atoms with E-state index in [-0.39, 0.29) is 55.5 Å². The largest absolute Gasteiger partial charge is 0.493 e. The Morgan fingerprint density at radius 1 is 1.24 bits per heavy atom. The van der Waals surface area contributed by atoms with Crippen molar-refractivity contribution in [1.82, 2.24) is 10.2 Å². The molecule has 0 aliphatic heterocycles. The molecule has 0 radical (unpaired) electrons. The number of aldehydes is 1. The fourth-order valence-corrected chi connectivity index (χ4v) is 5.75. The van der Waals surface area contributed by atoms with Gasteiger partial charge >= 0.3 is 0 Å². The van der Waals surface area contributed by atoms with Crippen molar-refractivity contribution < 1.29 is 34.1 Å². The van der Waals surface area contributed by atoms with E-state index in [2.05, 4.69) is 5.32 Å². The maximum atomic E-state index is 13.6. The second-order valence-corrected chi connectivity index (χ2v) is 11.5. The van der Waals surface area contributed by atoms with Crippen LogP contribution in [0.5, 0.6) is 11.5 Å². The van der Waals surface area contributed by atoms with Gasteiger partial charge in [-0.05, 0) is 64.9 Å². The van der Waals surface area contributed by atoms with Gasteiger partial charge in [0.25, 0.3) is 0 Å². The normalized spacial score (nSPS) is 18.3. The predicted octanol–water partition coefficient (Wildman–Crippen LogP) is 4.55. The molecule has 3 N–H and O–H groups in total. The van der Waals surface area contributed by atoms with E-state index in [1.165, 1.54) is 24.2 Å². The van der Waals surface area contributed by atoms with Crippen molar-refractivity contribution in [2.24, 2.45) is 0 Å². The maximum absolute atomic E-state index is 13.6. The molecule has 3 atom stereocenters. The quantitative estimate of drug-likeness (QED) is 0.205. The topological polar surface area (TPSA) is 125 Å². The number of amides is 2. The molecular formula is C29H33Cl2IN2O7. The Balaban J connectivity index is 2.06. The molecule has 2 amide bonds. The minimum atomic E-state index is -1.24. The summed E-state index contributed by atoms with van der Waals surface area (Å²) in [4.78, 5) is 39.5. The van der Waals surface area contributed by atoms with Crippen LogP contribution in [0.2, 0.25) is 10.0 Å². The smallest absolute Gasteiger partial charge is 0.247 e. The van der Waals surface area contributed by atoms with Gasteiger partial charge in [-0.3, -0.25) is 14.4 Å². The Morgan fingerprint density at radius 2 is 2.00 bits per heavy atom. The van der Waals surface area contributed by atoms with Gasteiger partial charge in [-0.1, -0.05) is 42.6 Å². The molecule has 0 unspecified atom stereocenters. The summed E-state index contributed by atoms with van der Waals surface area (Å²) >= 11 is 14.5. The number of aliphatic hydroxyl groups is 2. The van der Waals surface area contributed by atoms with Crippen LogP contribution in [0.4, 0.5) is 0 Å². The number of carbonyl (C=O) groups is 3. The lowest BCUT2D eigenvalue weighted by molar-refractivity contribution is -0.139. The number of nitrogens with zero attached hydrogens (tertiary/aromatic N) is 1. The predicted molar refractivity (Wildman–Crippen MR) is 165 cm³/mol. The fraction of sp³-hybridized carbons (Fsp3) is 0.414. The average Bonchev–Trinajstić information content (AvgIpc) is 2.96. The fourth-order valence-electron chi connectivity index (χ4n) is 4.53. The Kier molecular flexibility index (Phi) is 12.7. The van der Waals surface area contributed by atoms with Gasteiger partial charge in [-0.25, -0.2) is 0 Å². The average molecular weight is 719 g/mol. The van der Waals surface area contributed by atoms with Gasteiger partial charge in [-0.2, -0.15) is 0 Å². The number of ether oxygens (including phenoxy) is 2. The highest BCUT2D eigenvalue weighted by atomic mass is 127. The minimum Gasteiger partial charge on any atom is -0.493 e. The molecule has 0 aromatic heterocycles. The number of benzene rings is 2. The van der Waals surface area contributed by atoms with E-state index in [4.69, 9.17) is 32.7 Å². The van der Waals surface area contributed by atoms with Crippen LogP contribution in [0.3, 0.4) is 0 Å². The highest BCUT2D eigenvalue weighted by Gasteiger charge is 2.41. The SMILES string of the molecule is CCCCC(=O)N(Cc1ccc(Cl)cc1Cl)[C@@H]1CC(C(=O)NCCO)=C[C@H](Oc2c(I)cc(C=O)cc2OC)[C@H]1O. The molecule has 0 bridgehead atoms. The number of rotatable bonds is 13. The van der Waals surface area contributed by atoms with Crippen molar-refractivity contribution in [2.45, 2.75) is 57.4 Å². The lowest BCUT2D eigenvalue weighted by Gasteiger charge is -2.41. The van der Waals surface area contributed by atoms with Crippen LogP contribution in [0, 0.1) is 3.57 Å². The first-order chi connectivity index (χ1) is 19.6. The Morgan fingerprint density at radius 3 is 2.63 bits per heavy atom. The van der Waals surface area contributed by atoms with Crippen molar-refractivity contribution in [3.63, 3.8) is 0 Å². The molecule has 0 heterocycles. The molecule has 0 saturated heterocycles. The number of nitrogens with one attached hydrogen (secondary N) is 1. The highest BCUT2D eigenvalue weighted by molar-refractivity contribution is 14.1. The monoisotopic (exact) mass is 718 g/mol. The summed E-state index contributed by atoms with van der Waals surface area (Å²) in [6, 6.07) is 7.25. The minimum absolute atomic E-state index is 0.0350. The first-order valence-electron chi connectivity index (χ1n) is 13.1. The van der Waals surface area contributed by atoms with Crippen molar-refractivity contribution in [2.75, 3.05) is 20.3 Å². The highest BCUT2D eigenvalue weighted by Crippen LogP contribution is 2.37. The zero-order valence-corrected chi connectivity index (χ0v) is 26.4. The van der Waals surface area contributed by atoms with Crippen LogP contribution < -0.4 is 14.8 Å². The molecule has 0 saturated carbocycles. The first kappa shape index (κ1) is 33.1. The molecule has 2 aromatic carbocycles. The van der Waals surface area contributed by atoms with Gasteiger partial charge in [0.15, 0.2) is 11.5 Å². The van der Waals surface area contributed by atoms with E-state index in [0.717, 1.165) is 6.42 Å². The molecule has 12 heteroatoms. The van der Waals surface area contributed by atoms with Gasteiger partial charge in [0, 0.05) is 47.1 Å². The number of aliphatic hydroxyl groups excluding tert-OH is 2. The summed E-state index contributed by atoms with van der Waals surface area (Å²) in [7, 11) is 1.43. The molecule has 0 fully saturated rings. The van der Waals surface area contributed by atoms with Crippen LogP contribution in [0.1, 0.15) is 48.5 Å². The van der Waals surface area contributed by atoms with Gasteiger partial charge < -0.3 is 29.9 Å². The van der Waals surface area contributed by atoms with Gasteiger partial charge in [-0.15, -0.1) is 0 Å². The molecule has 2 aromatic rings. The van der Waals surface area contributed by atoms with E-state index in [1.54, 1.807) is 24.3 Å². The summed E-state index contributed by atoms with van der Waals surface area (Å²) in [5.41, 5.74) is 1.30. The lowest BCUT2D eigenvalue weighted by Crippen LogP contribution is -2.54. The zero-order valence-electron chi connectivity index (χ0n) is 22.7. The van der Waals surface area contributed by atoms with Crippen LogP contribution in [0.15, 0.2) is 42.0 Å². The van der Waals surface area contributed by atoms with E-state index in [0.29, 0.717) is 37.4 Å². The van der Waals surface area contributed by atoms with E-state index in [1.807, 2.05) is 29.5 Å². The molecule has 9 nitrogen and oxygen atoms in total. The maximum Gasteiger partial charge on any atom is 0.247 e. The van der Waals surface area contributed by atoms with Crippen LogP contribution in [-0.4, -0.2) is 71.7 Å². The summed E-state index contributed by atoms with van der Waals surface area (Å²) < 4.78 is 12.3. The van der Waals surface area contributed by atoms with E-state index < -0.39 is 24.2 Å². The van der Waals surface area contributed by atoms with Gasteiger partial charge in [0.2, 0.25) is 11.8 Å². The molecule has 1 aliphatic rings. The van der Waals surface area contributed by atoms with Crippen LogP contribution >= 0.6 is 45.8 Å².